The average Bonchev–Trinajstić information content (AvgIpc) is 3.35. The summed E-state index contributed by atoms with van der Waals surface area (Å²) in [5.41, 5.74) is 2.69. The summed E-state index contributed by atoms with van der Waals surface area (Å²) in [6.07, 6.45) is -0.769. The second-order valence-electron chi connectivity index (χ2n) is 7.70. The van der Waals surface area contributed by atoms with Crippen molar-refractivity contribution < 1.29 is 23.1 Å². The first-order valence-electron chi connectivity index (χ1n) is 10.8. The Morgan fingerprint density at radius 3 is 2.49 bits per heavy atom. The predicted molar refractivity (Wildman–Crippen MR) is 130 cm³/mol. The highest BCUT2D eigenvalue weighted by Gasteiger charge is 2.22. The third kappa shape index (κ3) is 6.33. The summed E-state index contributed by atoms with van der Waals surface area (Å²) in [7, 11) is 0. The lowest BCUT2D eigenvalue weighted by molar-refractivity contribution is -0.113. The van der Waals surface area contributed by atoms with Gasteiger partial charge in [0.1, 0.15) is 5.82 Å². The zero-order valence-corrected chi connectivity index (χ0v) is 19.8. The van der Waals surface area contributed by atoms with Gasteiger partial charge in [0, 0.05) is 16.1 Å². The number of esters is 1. The van der Waals surface area contributed by atoms with E-state index in [1.165, 1.54) is 36.0 Å². The lowest BCUT2D eigenvalue weighted by atomic mass is 10.1. The van der Waals surface area contributed by atoms with Crippen molar-refractivity contribution in [3.8, 4) is 11.5 Å². The van der Waals surface area contributed by atoms with Crippen molar-refractivity contribution in [3.63, 3.8) is 0 Å². The minimum absolute atomic E-state index is 0.0563. The molecule has 1 N–H and O–H groups in total. The van der Waals surface area contributed by atoms with Crippen LogP contribution in [0.3, 0.4) is 0 Å². The Balaban J connectivity index is 1.38. The molecule has 0 fully saturated rings. The fraction of sp³-hybridized carbons (Fsp3) is 0.154. The van der Waals surface area contributed by atoms with Crippen molar-refractivity contribution >= 4 is 29.3 Å². The number of hydrogen-bond acceptors (Lipinski definition) is 7. The third-order valence-corrected chi connectivity index (χ3v) is 6.04. The van der Waals surface area contributed by atoms with Gasteiger partial charge in [0.05, 0.1) is 11.3 Å². The van der Waals surface area contributed by atoms with Crippen LogP contribution in [0.2, 0.25) is 0 Å². The van der Waals surface area contributed by atoms with Gasteiger partial charge in [0.2, 0.25) is 11.8 Å². The number of aryl methyl sites for hydroxylation is 1. The van der Waals surface area contributed by atoms with Crippen LogP contribution in [0, 0.1) is 12.7 Å². The standard InChI is InChI=1S/C26H22FN3O4S/c1-16-7-9-18(10-8-16)25-30-29-24(34-25)17(2)33-26(32)21-5-3-4-6-22(21)35-15-23(31)28-20-13-11-19(27)12-14-20/h3-14,17H,15H2,1-2H3,(H,28,31). The van der Waals surface area contributed by atoms with Gasteiger partial charge in [0.15, 0.2) is 6.10 Å². The molecule has 1 unspecified atom stereocenters. The molecule has 0 saturated heterocycles. The van der Waals surface area contributed by atoms with E-state index in [4.69, 9.17) is 9.15 Å². The minimum Gasteiger partial charge on any atom is -0.449 e. The normalized spacial score (nSPS) is 11.6. The molecule has 35 heavy (non-hydrogen) atoms. The zero-order valence-electron chi connectivity index (χ0n) is 19.0. The quantitative estimate of drug-likeness (QED) is 0.245. The van der Waals surface area contributed by atoms with Gasteiger partial charge in [0.25, 0.3) is 5.89 Å². The molecule has 0 spiro atoms. The predicted octanol–water partition coefficient (Wildman–Crippen LogP) is 5.83. The number of hydrogen-bond donors (Lipinski definition) is 1. The molecular weight excluding hydrogens is 469 g/mol. The van der Waals surface area contributed by atoms with E-state index in [1.54, 1.807) is 31.2 Å². The number of halogens is 1. The highest BCUT2D eigenvalue weighted by atomic mass is 32.2. The largest absolute Gasteiger partial charge is 0.449 e. The summed E-state index contributed by atoms with van der Waals surface area (Å²) >= 11 is 1.19. The zero-order chi connectivity index (χ0) is 24.8. The van der Waals surface area contributed by atoms with Crippen molar-refractivity contribution in [2.75, 3.05) is 11.1 Å². The number of thioether (sulfide) groups is 1. The number of aromatic nitrogens is 2. The van der Waals surface area contributed by atoms with Gasteiger partial charge >= 0.3 is 5.97 Å². The van der Waals surface area contributed by atoms with E-state index in [0.717, 1.165) is 11.1 Å². The Labute approximate surface area is 205 Å². The molecule has 0 radical (unpaired) electrons. The summed E-state index contributed by atoms with van der Waals surface area (Å²) in [6, 6.07) is 20.0. The van der Waals surface area contributed by atoms with E-state index in [1.807, 2.05) is 31.2 Å². The SMILES string of the molecule is Cc1ccc(-c2nnc(C(C)OC(=O)c3ccccc3SCC(=O)Nc3ccc(F)cc3)o2)cc1. The van der Waals surface area contributed by atoms with Crippen LogP contribution in [-0.2, 0) is 9.53 Å². The second-order valence-corrected chi connectivity index (χ2v) is 8.72. The monoisotopic (exact) mass is 491 g/mol. The smallest absolute Gasteiger partial charge is 0.340 e. The van der Waals surface area contributed by atoms with Crippen molar-refractivity contribution in [1.82, 2.24) is 10.2 Å². The number of amides is 1. The van der Waals surface area contributed by atoms with E-state index >= 15 is 0 Å². The summed E-state index contributed by atoms with van der Waals surface area (Å²) in [6.45, 7) is 3.63. The number of benzene rings is 3. The molecular formula is C26H22FN3O4S. The molecule has 1 atom stereocenters. The van der Waals surface area contributed by atoms with E-state index < -0.39 is 12.1 Å². The maximum atomic E-state index is 13.0. The van der Waals surface area contributed by atoms with Crippen LogP contribution in [0.4, 0.5) is 10.1 Å². The van der Waals surface area contributed by atoms with Gasteiger partial charge in [-0.05, 0) is 62.4 Å². The summed E-state index contributed by atoms with van der Waals surface area (Å²) < 4.78 is 24.3. The number of carbonyl (C=O) groups is 2. The maximum absolute atomic E-state index is 13.0. The number of anilines is 1. The second kappa shape index (κ2) is 11.0. The van der Waals surface area contributed by atoms with E-state index in [0.29, 0.717) is 22.0 Å². The van der Waals surface area contributed by atoms with Gasteiger partial charge in [-0.1, -0.05) is 29.8 Å². The maximum Gasteiger partial charge on any atom is 0.340 e. The molecule has 0 saturated carbocycles. The van der Waals surface area contributed by atoms with Gasteiger partial charge in [-0.2, -0.15) is 0 Å². The molecule has 1 aromatic heterocycles. The number of nitrogens with zero attached hydrogens (tertiary/aromatic N) is 2. The molecule has 7 nitrogen and oxygen atoms in total. The topological polar surface area (TPSA) is 94.3 Å². The summed E-state index contributed by atoms with van der Waals surface area (Å²) in [5, 5.41) is 10.7. The van der Waals surface area contributed by atoms with Gasteiger partial charge in [-0.15, -0.1) is 22.0 Å². The van der Waals surface area contributed by atoms with Gasteiger partial charge in [-0.25, -0.2) is 9.18 Å². The molecule has 0 aliphatic carbocycles. The number of rotatable bonds is 8. The lowest BCUT2D eigenvalue weighted by Gasteiger charge is -2.12. The molecule has 4 aromatic rings. The Kier molecular flexibility index (Phi) is 7.57. The molecule has 4 rings (SSSR count). The first-order valence-corrected chi connectivity index (χ1v) is 11.8. The number of carbonyl (C=O) groups excluding carboxylic acids is 2. The molecule has 1 amide bonds. The first-order chi connectivity index (χ1) is 16.9. The van der Waals surface area contributed by atoms with Crippen LogP contribution < -0.4 is 5.32 Å². The number of ether oxygens (including phenoxy) is 1. The lowest BCUT2D eigenvalue weighted by Crippen LogP contribution is -2.15. The van der Waals surface area contributed by atoms with E-state index in [2.05, 4.69) is 15.5 Å². The van der Waals surface area contributed by atoms with Crippen LogP contribution in [0.5, 0.6) is 0 Å². The van der Waals surface area contributed by atoms with Crippen molar-refractivity contribution in [2.45, 2.75) is 24.8 Å². The Morgan fingerprint density at radius 1 is 1.03 bits per heavy atom. The van der Waals surface area contributed by atoms with Crippen molar-refractivity contribution in [1.29, 1.82) is 0 Å². The molecule has 0 bridgehead atoms. The highest BCUT2D eigenvalue weighted by Crippen LogP contribution is 2.27. The molecule has 1 heterocycles. The first kappa shape index (κ1) is 24.2. The molecule has 0 aliphatic heterocycles. The summed E-state index contributed by atoms with van der Waals surface area (Å²) in [4.78, 5) is 25.7. The Hall–Kier alpha value is -3.98. The third-order valence-electron chi connectivity index (χ3n) is 4.96. The van der Waals surface area contributed by atoms with Crippen LogP contribution in [0.15, 0.2) is 82.1 Å². The summed E-state index contributed by atoms with van der Waals surface area (Å²) in [5.74, 6) is -0.669. The molecule has 3 aromatic carbocycles. The van der Waals surface area contributed by atoms with Crippen molar-refractivity contribution in [2.24, 2.45) is 0 Å². The molecule has 178 valence electrons. The fourth-order valence-electron chi connectivity index (χ4n) is 3.12. The van der Waals surface area contributed by atoms with Crippen LogP contribution in [0.25, 0.3) is 11.5 Å². The van der Waals surface area contributed by atoms with Gasteiger partial charge < -0.3 is 14.5 Å². The van der Waals surface area contributed by atoms with E-state index in [-0.39, 0.29) is 23.4 Å². The highest BCUT2D eigenvalue weighted by molar-refractivity contribution is 8.00. The number of nitrogens with one attached hydrogen (secondary N) is 1. The average molecular weight is 492 g/mol. The molecule has 0 aliphatic rings. The van der Waals surface area contributed by atoms with Crippen molar-refractivity contribution in [3.05, 3.63) is 95.6 Å². The van der Waals surface area contributed by atoms with Crippen LogP contribution in [0.1, 0.15) is 34.8 Å². The molecule has 9 heteroatoms. The van der Waals surface area contributed by atoms with Crippen LogP contribution >= 0.6 is 11.8 Å². The minimum atomic E-state index is -0.769. The van der Waals surface area contributed by atoms with Gasteiger partial charge in [-0.3, -0.25) is 4.79 Å². The Bertz CT molecular complexity index is 1320. The fourth-order valence-corrected chi connectivity index (χ4v) is 3.96. The van der Waals surface area contributed by atoms with Crippen LogP contribution in [-0.4, -0.2) is 27.8 Å². The Morgan fingerprint density at radius 2 is 1.74 bits per heavy atom. The van der Waals surface area contributed by atoms with E-state index in [9.17, 15) is 14.0 Å².